The van der Waals surface area contributed by atoms with Crippen LogP contribution in [0.2, 0.25) is 0 Å². The van der Waals surface area contributed by atoms with Gasteiger partial charge in [0.2, 0.25) is 0 Å². The zero-order valence-corrected chi connectivity index (χ0v) is 8.52. The molecule has 72 valence electrons. The molecule has 0 spiro atoms. The van der Waals surface area contributed by atoms with Gasteiger partial charge in [-0.25, -0.2) is 0 Å². The van der Waals surface area contributed by atoms with Crippen LogP contribution in [0.4, 0.5) is 0 Å². The van der Waals surface area contributed by atoms with Crippen LogP contribution in [0.25, 0.3) is 0 Å². The lowest BCUT2D eigenvalue weighted by Gasteiger charge is -2.25. The van der Waals surface area contributed by atoms with Crippen molar-refractivity contribution in [1.82, 2.24) is 5.32 Å². The molecular weight excluding hydrogens is 150 g/mol. The maximum absolute atomic E-state index is 5.80. The van der Waals surface area contributed by atoms with Gasteiger partial charge < -0.3 is 10.1 Å². The van der Waals surface area contributed by atoms with Gasteiger partial charge in [0.15, 0.2) is 0 Å². The number of nitrogens with one attached hydrogen (secondary N) is 1. The Hall–Kier alpha value is -0.0800. The third-order valence-corrected chi connectivity index (χ3v) is 2.69. The van der Waals surface area contributed by atoms with Crippen molar-refractivity contribution >= 4 is 0 Å². The maximum atomic E-state index is 5.80. The second kappa shape index (κ2) is 4.24. The third kappa shape index (κ3) is 3.11. The number of hydrogen-bond acceptors (Lipinski definition) is 2. The van der Waals surface area contributed by atoms with Crippen molar-refractivity contribution in [2.24, 2.45) is 0 Å². The van der Waals surface area contributed by atoms with Gasteiger partial charge in [0, 0.05) is 6.04 Å². The molecule has 0 aromatic rings. The van der Waals surface area contributed by atoms with Crippen molar-refractivity contribution in [3.63, 3.8) is 0 Å². The van der Waals surface area contributed by atoms with Gasteiger partial charge >= 0.3 is 0 Å². The Morgan fingerprint density at radius 2 is 2.25 bits per heavy atom. The van der Waals surface area contributed by atoms with Crippen LogP contribution in [0.5, 0.6) is 0 Å². The largest absolute Gasteiger partial charge is 0.374 e. The van der Waals surface area contributed by atoms with Crippen LogP contribution in [0, 0.1) is 0 Å². The van der Waals surface area contributed by atoms with Crippen LogP contribution in [0.3, 0.4) is 0 Å². The minimum Gasteiger partial charge on any atom is -0.374 e. The second-order valence-electron chi connectivity index (χ2n) is 4.22. The van der Waals surface area contributed by atoms with Gasteiger partial charge in [-0.2, -0.15) is 0 Å². The number of rotatable bonds is 4. The molecule has 1 heterocycles. The maximum Gasteiger partial charge on any atom is 0.0626 e. The molecule has 1 atom stereocenters. The lowest BCUT2D eigenvalue weighted by Crippen LogP contribution is -2.33. The van der Waals surface area contributed by atoms with E-state index in [-0.39, 0.29) is 5.60 Å². The quantitative estimate of drug-likeness (QED) is 0.698. The van der Waals surface area contributed by atoms with Gasteiger partial charge in [-0.1, -0.05) is 6.92 Å². The monoisotopic (exact) mass is 171 g/mol. The van der Waals surface area contributed by atoms with Crippen molar-refractivity contribution in [3.05, 3.63) is 0 Å². The summed E-state index contributed by atoms with van der Waals surface area (Å²) in [6, 6.07) is 0.607. The molecule has 1 aliphatic heterocycles. The average molecular weight is 171 g/mol. The fraction of sp³-hybridized carbons (Fsp3) is 1.00. The lowest BCUT2D eigenvalue weighted by atomic mass is 10.1. The average Bonchev–Trinajstić information content (AvgIpc) is 2.53. The summed E-state index contributed by atoms with van der Waals surface area (Å²) in [5.41, 5.74) is 0.0598. The van der Waals surface area contributed by atoms with Crippen molar-refractivity contribution in [2.75, 3.05) is 13.2 Å². The predicted octanol–water partition coefficient (Wildman–Crippen LogP) is 1.94. The topological polar surface area (TPSA) is 21.3 Å². The van der Waals surface area contributed by atoms with E-state index in [1.165, 1.54) is 19.4 Å². The van der Waals surface area contributed by atoms with Crippen molar-refractivity contribution in [2.45, 2.75) is 51.7 Å². The molecule has 2 nitrogen and oxygen atoms in total. The van der Waals surface area contributed by atoms with E-state index in [0.29, 0.717) is 6.04 Å². The molecule has 0 bridgehead atoms. The molecule has 1 rings (SSSR count). The molecule has 1 fully saturated rings. The third-order valence-electron chi connectivity index (χ3n) is 2.69. The Bertz CT molecular complexity index is 128. The molecule has 0 saturated carbocycles. The van der Waals surface area contributed by atoms with Crippen LogP contribution < -0.4 is 5.32 Å². The Morgan fingerprint density at radius 1 is 1.50 bits per heavy atom. The summed E-state index contributed by atoms with van der Waals surface area (Å²) in [6.45, 7) is 8.52. The van der Waals surface area contributed by atoms with Crippen LogP contribution in [-0.4, -0.2) is 24.8 Å². The summed E-state index contributed by atoms with van der Waals surface area (Å²) in [5, 5.41) is 3.43. The number of ether oxygens (including phenoxy) is 1. The molecule has 0 aromatic heterocycles. The van der Waals surface area contributed by atoms with Gasteiger partial charge in [-0.15, -0.1) is 0 Å². The second-order valence-corrected chi connectivity index (χ2v) is 4.22. The summed E-state index contributed by atoms with van der Waals surface area (Å²) in [4.78, 5) is 0. The highest BCUT2D eigenvalue weighted by Crippen LogP contribution is 2.15. The highest BCUT2D eigenvalue weighted by molar-refractivity contribution is 4.75. The van der Waals surface area contributed by atoms with Crippen LogP contribution >= 0.6 is 0 Å². The van der Waals surface area contributed by atoms with Crippen molar-refractivity contribution in [1.29, 1.82) is 0 Å². The van der Waals surface area contributed by atoms with Gasteiger partial charge in [-0.3, -0.25) is 0 Å². The molecular formula is C10H21NO. The highest BCUT2D eigenvalue weighted by atomic mass is 16.5. The Labute approximate surface area is 75.7 Å². The fourth-order valence-corrected chi connectivity index (χ4v) is 1.33. The van der Waals surface area contributed by atoms with Crippen LogP contribution in [0.1, 0.15) is 40.0 Å². The SMILES string of the molecule is CCC(C)(C)OCC1CCCN1. The van der Waals surface area contributed by atoms with Gasteiger partial charge in [0.1, 0.15) is 0 Å². The predicted molar refractivity (Wildman–Crippen MR) is 51.3 cm³/mol. The summed E-state index contributed by atoms with van der Waals surface area (Å²) in [7, 11) is 0. The Balaban J connectivity index is 2.15. The Morgan fingerprint density at radius 3 is 2.75 bits per heavy atom. The lowest BCUT2D eigenvalue weighted by molar-refractivity contribution is -0.0283. The van der Waals surface area contributed by atoms with E-state index < -0.39 is 0 Å². The minimum absolute atomic E-state index is 0.0598. The molecule has 1 N–H and O–H groups in total. The zero-order valence-electron chi connectivity index (χ0n) is 8.52. The van der Waals surface area contributed by atoms with Crippen molar-refractivity contribution in [3.8, 4) is 0 Å². The standard InChI is InChI=1S/C10H21NO/c1-4-10(2,3)12-8-9-6-5-7-11-9/h9,11H,4-8H2,1-3H3. The molecule has 1 aliphatic rings. The molecule has 12 heavy (non-hydrogen) atoms. The normalized spacial score (nSPS) is 24.8. The molecule has 2 heteroatoms. The van der Waals surface area contributed by atoms with Gasteiger partial charge in [0.25, 0.3) is 0 Å². The molecule has 1 saturated heterocycles. The summed E-state index contributed by atoms with van der Waals surface area (Å²) in [5.74, 6) is 0. The fourth-order valence-electron chi connectivity index (χ4n) is 1.33. The van der Waals surface area contributed by atoms with Crippen molar-refractivity contribution < 1.29 is 4.74 Å². The van der Waals surface area contributed by atoms with E-state index in [1.807, 2.05) is 0 Å². The Kier molecular flexibility index (Phi) is 3.53. The smallest absolute Gasteiger partial charge is 0.0626 e. The minimum atomic E-state index is 0.0598. The summed E-state index contributed by atoms with van der Waals surface area (Å²) in [6.07, 6.45) is 3.67. The van der Waals surface area contributed by atoms with Crippen LogP contribution in [-0.2, 0) is 4.74 Å². The first-order chi connectivity index (χ1) is 5.64. The van der Waals surface area contributed by atoms with E-state index >= 15 is 0 Å². The van der Waals surface area contributed by atoms with Gasteiger partial charge in [-0.05, 0) is 39.7 Å². The first-order valence-corrected chi connectivity index (χ1v) is 5.01. The molecule has 0 aliphatic carbocycles. The first-order valence-electron chi connectivity index (χ1n) is 5.01. The van der Waals surface area contributed by atoms with E-state index in [2.05, 4.69) is 26.1 Å². The zero-order chi connectivity index (χ0) is 9.03. The van der Waals surface area contributed by atoms with E-state index in [0.717, 1.165) is 13.0 Å². The first kappa shape index (κ1) is 10.0. The molecule has 1 unspecified atom stereocenters. The van der Waals surface area contributed by atoms with E-state index in [1.54, 1.807) is 0 Å². The summed E-state index contributed by atoms with van der Waals surface area (Å²) >= 11 is 0. The van der Waals surface area contributed by atoms with Crippen LogP contribution in [0.15, 0.2) is 0 Å². The number of hydrogen-bond donors (Lipinski definition) is 1. The van der Waals surface area contributed by atoms with E-state index in [4.69, 9.17) is 4.74 Å². The summed E-state index contributed by atoms with van der Waals surface area (Å²) < 4.78 is 5.80. The molecule has 0 radical (unpaired) electrons. The highest BCUT2D eigenvalue weighted by Gasteiger charge is 2.20. The molecule has 0 amide bonds. The molecule has 0 aromatic carbocycles. The van der Waals surface area contributed by atoms with Gasteiger partial charge in [0.05, 0.1) is 12.2 Å². The van der Waals surface area contributed by atoms with E-state index in [9.17, 15) is 0 Å².